The molecule has 0 amide bonds. The molecular formula is C9H9NO. The quantitative estimate of drug-likeness (QED) is 0.504. The predicted octanol–water partition coefficient (Wildman–Crippen LogP) is 1.25. The normalized spacial score (nSPS) is 12.0. The molecule has 1 atom stereocenters. The highest BCUT2D eigenvalue weighted by molar-refractivity contribution is 5.23. The van der Waals surface area contributed by atoms with Crippen LogP contribution >= 0.6 is 0 Å². The van der Waals surface area contributed by atoms with E-state index in [2.05, 4.69) is 10.8 Å². The van der Waals surface area contributed by atoms with Crippen molar-refractivity contribution in [2.75, 3.05) is 0 Å². The summed E-state index contributed by atoms with van der Waals surface area (Å²) in [5, 5.41) is 0. The molecule has 0 radical (unpaired) electrons. The Morgan fingerprint density at radius 3 is 2.45 bits per heavy atom. The first kappa shape index (κ1) is 7.80. The summed E-state index contributed by atoms with van der Waals surface area (Å²) >= 11 is 0. The molecule has 1 unspecified atom stereocenters. The summed E-state index contributed by atoms with van der Waals surface area (Å²) in [5.41, 5.74) is 0.900. The summed E-state index contributed by atoms with van der Waals surface area (Å²) in [6.07, 6.45) is 4.73. The Hall–Kier alpha value is -1.30. The molecule has 0 aliphatic rings. The van der Waals surface area contributed by atoms with Crippen LogP contribution in [-0.2, 0) is 4.84 Å². The summed E-state index contributed by atoms with van der Waals surface area (Å²) < 4.78 is 0. The first-order valence-corrected chi connectivity index (χ1v) is 3.25. The van der Waals surface area contributed by atoms with E-state index < -0.39 is 6.10 Å². The van der Waals surface area contributed by atoms with Crippen molar-refractivity contribution in [2.45, 2.75) is 6.10 Å². The van der Waals surface area contributed by atoms with Gasteiger partial charge in [0, 0.05) is 0 Å². The van der Waals surface area contributed by atoms with Gasteiger partial charge in [0.1, 0.15) is 0 Å². The SMILES string of the molecule is C#CC(ON)c1ccccc1. The minimum Gasteiger partial charge on any atom is -0.283 e. The Kier molecular flexibility index (Phi) is 2.67. The van der Waals surface area contributed by atoms with Crippen molar-refractivity contribution in [3.8, 4) is 12.3 Å². The van der Waals surface area contributed by atoms with Gasteiger partial charge >= 0.3 is 0 Å². The summed E-state index contributed by atoms with van der Waals surface area (Å²) in [6, 6.07) is 9.43. The van der Waals surface area contributed by atoms with Gasteiger partial charge in [-0.25, -0.2) is 5.90 Å². The molecular weight excluding hydrogens is 138 g/mol. The van der Waals surface area contributed by atoms with Crippen LogP contribution in [0.5, 0.6) is 0 Å². The number of hydrogen-bond acceptors (Lipinski definition) is 2. The van der Waals surface area contributed by atoms with E-state index >= 15 is 0 Å². The first-order valence-electron chi connectivity index (χ1n) is 3.25. The van der Waals surface area contributed by atoms with E-state index in [0.717, 1.165) is 5.56 Å². The molecule has 0 spiro atoms. The van der Waals surface area contributed by atoms with Crippen LogP contribution in [-0.4, -0.2) is 0 Å². The van der Waals surface area contributed by atoms with Crippen molar-refractivity contribution in [1.29, 1.82) is 0 Å². The molecule has 2 nitrogen and oxygen atoms in total. The summed E-state index contributed by atoms with van der Waals surface area (Å²) in [5.74, 6) is 7.39. The van der Waals surface area contributed by atoms with Gasteiger partial charge in [-0.3, -0.25) is 4.84 Å². The molecule has 56 valence electrons. The van der Waals surface area contributed by atoms with Gasteiger partial charge < -0.3 is 0 Å². The number of rotatable bonds is 2. The number of hydrogen-bond donors (Lipinski definition) is 1. The van der Waals surface area contributed by atoms with Crippen LogP contribution in [0.15, 0.2) is 30.3 Å². The first-order chi connectivity index (χ1) is 5.38. The van der Waals surface area contributed by atoms with Crippen molar-refractivity contribution >= 4 is 0 Å². The van der Waals surface area contributed by atoms with Crippen molar-refractivity contribution in [2.24, 2.45) is 5.90 Å². The van der Waals surface area contributed by atoms with Crippen LogP contribution in [0, 0.1) is 12.3 Å². The highest BCUT2D eigenvalue weighted by Crippen LogP contribution is 2.12. The molecule has 0 bridgehead atoms. The predicted molar refractivity (Wildman–Crippen MR) is 43.3 cm³/mol. The molecule has 0 aliphatic carbocycles. The molecule has 1 aromatic carbocycles. The molecule has 0 aliphatic heterocycles. The van der Waals surface area contributed by atoms with Crippen LogP contribution in [0.25, 0.3) is 0 Å². The minimum absolute atomic E-state index is 0.434. The lowest BCUT2D eigenvalue weighted by molar-refractivity contribution is 0.0935. The molecule has 2 heteroatoms. The zero-order valence-corrected chi connectivity index (χ0v) is 6.03. The topological polar surface area (TPSA) is 35.2 Å². The number of benzene rings is 1. The van der Waals surface area contributed by atoms with E-state index in [4.69, 9.17) is 12.3 Å². The lowest BCUT2D eigenvalue weighted by Crippen LogP contribution is -2.06. The number of nitrogens with two attached hydrogens (primary N) is 1. The van der Waals surface area contributed by atoms with E-state index in [0.29, 0.717) is 0 Å². The molecule has 0 heterocycles. The maximum atomic E-state index is 5.16. The molecule has 0 saturated heterocycles. The van der Waals surface area contributed by atoms with Gasteiger partial charge in [-0.05, 0) is 5.56 Å². The van der Waals surface area contributed by atoms with Crippen LogP contribution in [0.2, 0.25) is 0 Å². The second-order valence-corrected chi connectivity index (χ2v) is 2.09. The molecule has 1 rings (SSSR count). The summed E-state index contributed by atoms with van der Waals surface area (Å²) in [6.45, 7) is 0. The second-order valence-electron chi connectivity index (χ2n) is 2.09. The fourth-order valence-corrected chi connectivity index (χ4v) is 0.842. The zero-order chi connectivity index (χ0) is 8.10. The maximum absolute atomic E-state index is 5.16. The fourth-order valence-electron chi connectivity index (χ4n) is 0.842. The van der Waals surface area contributed by atoms with E-state index in [1.54, 1.807) is 0 Å². The molecule has 0 aromatic heterocycles. The van der Waals surface area contributed by atoms with Crippen LogP contribution < -0.4 is 5.90 Å². The van der Waals surface area contributed by atoms with Crippen LogP contribution in [0.1, 0.15) is 11.7 Å². The fraction of sp³-hybridized carbons (Fsp3) is 0.111. The Bertz CT molecular complexity index is 250. The van der Waals surface area contributed by atoms with Gasteiger partial charge in [-0.15, -0.1) is 6.42 Å². The van der Waals surface area contributed by atoms with Crippen molar-refractivity contribution in [3.05, 3.63) is 35.9 Å². The Morgan fingerprint density at radius 2 is 2.00 bits per heavy atom. The highest BCUT2D eigenvalue weighted by atomic mass is 16.6. The third-order valence-corrected chi connectivity index (χ3v) is 1.39. The Balaban J connectivity index is 2.85. The van der Waals surface area contributed by atoms with Gasteiger partial charge in [0.2, 0.25) is 0 Å². The Morgan fingerprint density at radius 1 is 1.36 bits per heavy atom. The molecule has 2 N–H and O–H groups in total. The van der Waals surface area contributed by atoms with Crippen molar-refractivity contribution in [1.82, 2.24) is 0 Å². The maximum Gasteiger partial charge on any atom is 0.164 e. The molecule has 11 heavy (non-hydrogen) atoms. The third-order valence-electron chi connectivity index (χ3n) is 1.39. The van der Waals surface area contributed by atoms with Crippen molar-refractivity contribution in [3.63, 3.8) is 0 Å². The van der Waals surface area contributed by atoms with E-state index in [9.17, 15) is 0 Å². The second kappa shape index (κ2) is 3.77. The third kappa shape index (κ3) is 1.81. The van der Waals surface area contributed by atoms with Crippen molar-refractivity contribution < 1.29 is 4.84 Å². The molecule has 1 aromatic rings. The average Bonchev–Trinajstić information content (AvgIpc) is 2.09. The van der Waals surface area contributed by atoms with Gasteiger partial charge in [0.05, 0.1) is 0 Å². The standard InChI is InChI=1S/C9H9NO/c1-2-9(11-10)8-6-4-3-5-7-8/h1,3-7,9H,10H2. The largest absolute Gasteiger partial charge is 0.283 e. The average molecular weight is 147 g/mol. The van der Waals surface area contributed by atoms with E-state index in [-0.39, 0.29) is 0 Å². The monoisotopic (exact) mass is 147 g/mol. The zero-order valence-electron chi connectivity index (χ0n) is 6.03. The van der Waals surface area contributed by atoms with Crippen LogP contribution in [0.4, 0.5) is 0 Å². The minimum atomic E-state index is -0.434. The van der Waals surface area contributed by atoms with Gasteiger partial charge in [-0.1, -0.05) is 36.3 Å². The Labute approximate surface area is 65.9 Å². The van der Waals surface area contributed by atoms with E-state index in [1.165, 1.54) is 0 Å². The summed E-state index contributed by atoms with van der Waals surface area (Å²) in [7, 11) is 0. The highest BCUT2D eigenvalue weighted by Gasteiger charge is 2.04. The smallest absolute Gasteiger partial charge is 0.164 e. The van der Waals surface area contributed by atoms with Gasteiger partial charge in [0.25, 0.3) is 0 Å². The summed E-state index contributed by atoms with van der Waals surface area (Å²) in [4.78, 5) is 4.55. The molecule has 0 fully saturated rings. The van der Waals surface area contributed by atoms with E-state index in [1.807, 2.05) is 30.3 Å². The number of terminal acetylenes is 1. The lowest BCUT2D eigenvalue weighted by Gasteiger charge is -2.06. The van der Waals surface area contributed by atoms with Gasteiger partial charge in [0.15, 0.2) is 6.10 Å². The van der Waals surface area contributed by atoms with Gasteiger partial charge in [-0.2, -0.15) is 0 Å². The lowest BCUT2D eigenvalue weighted by atomic mass is 10.1. The van der Waals surface area contributed by atoms with Crippen LogP contribution in [0.3, 0.4) is 0 Å². The molecule has 0 saturated carbocycles.